The highest BCUT2D eigenvalue weighted by molar-refractivity contribution is 6.31. The predicted octanol–water partition coefficient (Wildman–Crippen LogP) is -0.440. The molecule has 2 amide bonds. The van der Waals surface area contributed by atoms with E-state index in [0.29, 0.717) is 31.2 Å². The third-order valence-corrected chi connectivity index (χ3v) is 3.94. The van der Waals surface area contributed by atoms with Gasteiger partial charge >= 0.3 is 0 Å². The van der Waals surface area contributed by atoms with Gasteiger partial charge in [-0.2, -0.15) is 0 Å². The molecule has 10 heteroatoms. The second-order valence-corrected chi connectivity index (χ2v) is 6.21. The van der Waals surface area contributed by atoms with E-state index in [4.69, 9.17) is 16.3 Å². The van der Waals surface area contributed by atoms with Gasteiger partial charge in [-0.25, -0.2) is 0 Å². The van der Waals surface area contributed by atoms with Crippen molar-refractivity contribution in [2.45, 2.75) is 0 Å². The Hall–Kier alpha value is -2.23. The molecular formula is C15H20ClN4O5+. The van der Waals surface area contributed by atoms with Gasteiger partial charge in [0.25, 0.3) is 17.5 Å². The second-order valence-electron chi connectivity index (χ2n) is 5.77. The highest BCUT2D eigenvalue weighted by Gasteiger charge is 2.22. The molecule has 0 aromatic heterocycles. The average molecular weight is 372 g/mol. The molecule has 2 rings (SSSR count). The smallest absolute Gasteiger partial charge is 0.292 e. The monoisotopic (exact) mass is 371 g/mol. The number of carbonyl (C=O) groups excluding carboxylic acids is 2. The molecule has 1 saturated heterocycles. The number of benzene rings is 1. The normalized spacial score (nSPS) is 15.5. The molecule has 1 aromatic rings. The summed E-state index contributed by atoms with van der Waals surface area (Å²) in [6, 6.07) is 3.94. The fourth-order valence-corrected chi connectivity index (χ4v) is 2.65. The topological polar surface area (TPSA) is 106 Å². The molecule has 9 nitrogen and oxygen atoms in total. The van der Waals surface area contributed by atoms with Crippen molar-refractivity contribution in [3.63, 3.8) is 0 Å². The van der Waals surface area contributed by atoms with Gasteiger partial charge in [0.15, 0.2) is 13.1 Å². The SMILES string of the molecule is C[NH+](CC(=O)Nc1cc(Cl)ccc1[N+](=O)[O-])CC(=O)N1CCOCC1. The Balaban J connectivity index is 1.90. The van der Waals surface area contributed by atoms with Crippen LogP contribution >= 0.6 is 11.6 Å². The van der Waals surface area contributed by atoms with Crippen molar-refractivity contribution in [2.24, 2.45) is 0 Å². The number of quaternary nitrogens is 1. The fraction of sp³-hybridized carbons (Fsp3) is 0.467. The van der Waals surface area contributed by atoms with Crippen molar-refractivity contribution < 1.29 is 24.1 Å². The molecule has 0 radical (unpaired) electrons. The Kier molecular flexibility index (Phi) is 6.68. The number of anilines is 1. The lowest BCUT2D eigenvalue weighted by Crippen LogP contribution is -3.11. The minimum Gasteiger partial charge on any atom is -0.378 e. The van der Waals surface area contributed by atoms with Gasteiger partial charge in [-0.05, 0) is 12.1 Å². The number of carbonyl (C=O) groups is 2. The first-order valence-corrected chi connectivity index (χ1v) is 8.15. The molecule has 1 aliphatic rings. The highest BCUT2D eigenvalue weighted by atomic mass is 35.5. The molecule has 136 valence electrons. The Morgan fingerprint density at radius 3 is 2.68 bits per heavy atom. The third kappa shape index (κ3) is 5.66. The quantitative estimate of drug-likeness (QED) is 0.521. The molecule has 0 saturated carbocycles. The van der Waals surface area contributed by atoms with E-state index in [1.165, 1.54) is 18.2 Å². The van der Waals surface area contributed by atoms with Gasteiger partial charge < -0.3 is 19.9 Å². The van der Waals surface area contributed by atoms with Crippen LogP contribution in [0.1, 0.15) is 0 Å². The van der Waals surface area contributed by atoms with E-state index in [-0.39, 0.29) is 35.4 Å². The summed E-state index contributed by atoms with van der Waals surface area (Å²) in [5, 5.41) is 13.8. The van der Waals surface area contributed by atoms with Gasteiger partial charge in [-0.3, -0.25) is 19.7 Å². The number of nitrogens with one attached hydrogen (secondary N) is 2. The van der Waals surface area contributed by atoms with Gasteiger partial charge in [0.2, 0.25) is 0 Å². The molecule has 1 fully saturated rings. The molecule has 2 N–H and O–H groups in total. The molecule has 0 aliphatic carbocycles. The first-order chi connectivity index (χ1) is 11.9. The Morgan fingerprint density at radius 1 is 1.36 bits per heavy atom. The molecule has 0 spiro atoms. The second kappa shape index (κ2) is 8.75. The first kappa shape index (κ1) is 19.1. The standard InChI is InChI=1S/C15H19ClN4O5/c1-18(10-15(22)19-4-6-25-7-5-19)9-14(21)17-12-8-11(16)2-3-13(12)20(23)24/h2-3,8H,4-7,9-10H2,1H3,(H,17,21)/p+1. The summed E-state index contributed by atoms with van der Waals surface area (Å²) >= 11 is 5.83. The molecule has 25 heavy (non-hydrogen) atoms. The average Bonchev–Trinajstić information content (AvgIpc) is 2.55. The van der Waals surface area contributed by atoms with Crippen LogP contribution in [-0.4, -0.2) is 68.1 Å². The van der Waals surface area contributed by atoms with E-state index in [0.717, 1.165) is 0 Å². The summed E-state index contributed by atoms with van der Waals surface area (Å²) in [6.07, 6.45) is 0. The van der Waals surface area contributed by atoms with Crippen LogP contribution in [0.15, 0.2) is 18.2 Å². The zero-order valence-electron chi connectivity index (χ0n) is 13.8. The minimum atomic E-state index is -0.593. The van der Waals surface area contributed by atoms with Gasteiger partial charge in [0, 0.05) is 24.2 Å². The van der Waals surface area contributed by atoms with Crippen molar-refractivity contribution in [3.8, 4) is 0 Å². The summed E-state index contributed by atoms with van der Waals surface area (Å²) < 4.78 is 5.20. The lowest BCUT2D eigenvalue weighted by molar-refractivity contribution is -0.862. The number of ether oxygens (including phenoxy) is 1. The van der Waals surface area contributed by atoms with E-state index in [2.05, 4.69) is 5.32 Å². The van der Waals surface area contributed by atoms with Crippen LogP contribution in [0.3, 0.4) is 0 Å². The van der Waals surface area contributed by atoms with Crippen LogP contribution in [0.25, 0.3) is 0 Å². The number of halogens is 1. The molecule has 1 atom stereocenters. The number of hydrogen-bond acceptors (Lipinski definition) is 5. The maximum Gasteiger partial charge on any atom is 0.292 e. The number of likely N-dealkylation sites (N-methyl/N-ethyl adjacent to an activating group) is 1. The van der Waals surface area contributed by atoms with Crippen molar-refractivity contribution in [1.82, 2.24) is 4.90 Å². The van der Waals surface area contributed by atoms with E-state index >= 15 is 0 Å². The van der Waals surface area contributed by atoms with Crippen molar-refractivity contribution in [3.05, 3.63) is 33.3 Å². The van der Waals surface area contributed by atoms with Crippen LogP contribution in [0.5, 0.6) is 0 Å². The number of nitro groups is 1. The predicted molar refractivity (Wildman–Crippen MR) is 90.8 cm³/mol. The van der Waals surface area contributed by atoms with E-state index < -0.39 is 10.8 Å². The molecule has 0 bridgehead atoms. The van der Waals surface area contributed by atoms with Gasteiger partial charge in [-0.15, -0.1) is 0 Å². The number of morpholine rings is 1. The Bertz CT molecular complexity index is 663. The largest absolute Gasteiger partial charge is 0.378 e. The van der Waals surface area contributed by atoms with Crippen molar-refractivity contribution >= 4 is 34.8 Å². The summed E-state index contributed by atoms with van der Waals surface area (Å²) in [5.74, 6) is -0.486. The summed E-state index contributed by atoms with van der Waals surface area (Å²) in [4.78, 5) is 37.1. The first-order valence-electron chi connectivity index (χ1n) is 7.77. The molecular weight excluding hydrogens is 352 g/mol. The van der Waals surface area contributed by atoms with Crippen LogP contribution in [-0.2, 0) is 14.3 Å². The summed E-state index contributed by atoms with van der Waals surface area (Å²) in [7, 11) is 1.71. The number of hydrogen-bond donors (Lipinski definition) is 2. The number of amides is 2. The highest BCUT2D eigenvalue weighted by Crippen LogP contribution is 2.27. The maximum atomic E-state index is 12.1. The van der Waals surface area contributed by atoms with Crippen LogP contribution in [0.4, 0.5) is 11.4 Å². The molecule has 1 aliphatic heterocycles. The van der Waals surface area contributed by atoms with Crippen molar-refractivity contribution in [1.29, 1.82) is 0 Å². The summed E-state index contributed by atoms with van der Waals surface area (Å²) in [5.41, 5.74) is -0.199. The maximum absolute atomic E-state index is 12.1. The number of nitro benzene ring substituents is 1. The Morgan fingerprint density at radius 2 is 2.04 bits per heavy atom. The van der Waals surface area contributed by atoms with Crippen LogP contribution in [0.2, 0.25) is 5.02 Å². The van der Waals surface area contributed by atoms with Gasteiger partial charge in [-0.1, -0.05) is 11.6 Å². The fourth-order valence-electron chi connectivity index (χ4n) is 2.48. The van der Waals surface area contributed by atoms with Crippen LogP contribution < -0.4 is 10.2 Å². The summed E-state index contributed by atoms with van der Waals surface area (Å²) in [6.45, 7) is 2.29. The molecule has 1 aromatic carbocycles. The van der Waals surface area contributed by atoms with Gasteiger partial charge in [0.1, 0.15) is 5.69 Å². The van der Waals surface area contributed by atoms with E-state index in [9.17, 15) is 19.7 Å². The molecule has 1 unspecified atom stereocenters. The lowest BCUT2D eigenvalue weighted by Gasteiger charge is -2.27. The van der Waals surface area contributed by atoms with Gasteiger partial charge in [0.05, 0.1) is 25.2 Å². The lowest BCUT2D eigenvalue weighted by atomic mass is 10.2. The van der Waals surface area contributed by atoms with Crippen molar-refractivity contribution in [2.75, 3.05) is 51.8 Å². The van der Waals surface area contributed by atoms with Crippen LogP contribution in [0, 0.1) is 10.1 Å². The van der Waals surface area contributed by atoms with E-state index in [1.54, 1.807) is 11.9 Å². The third-order valence-electron chi connectivity index (χ3n) is 3.71. The number of nitrogens with zero attached hydrogens (tertiary/aromatic N) is 2. The number of rotatable bonds is 6. The molecule has 1 heterocycles. The van der Waals surface area contributed by atoms with E-state index in [1.807, 2.05) is 0 Å². The Labute approximate surface area is 149 Å². The zero-order valence-corrected chi connectivity index (χ0v) is 14.5. The minimum absolute atomic E-state index is 0.000250. The zero-order chi connectivity index (χ0) is 18.4.